The molecule has 0 N–H and O–H groups in total. The van der Waals surface area contributed by atoms with Crippen molar-refractivity contribution in [3.63, 3.8) is 0 Å². The lowest BCUT2D eigenvalue weighted by Gasteiger charge is -2.37. The molecule has 162 valence electrons. The summed E-state index contributed by atoms with van der Waals surface area (Å²) in [7, 11) is 1.46. The second-order valence-corrected chi connectivity index (χ2v) is 10.2. The lowest BCUT2D eigenvalue weighted by atomic mass is 9.72. The minimum atomic E-state index is -0.0944. The Bertz CT molecular complexity index is 887. The first-order chi connectivity index (χ1) is 14.3. The molecule has 30 heavy (non-hydrogen) atoms. The fraction of sp³-hybridized carbons (Fsp3) is 0.577. The van der Waals surface area contributed by atoms with E-state index >= 15 is 0 Å². The number of methoxy groups -OCH3 is 1. The third kappa shape index (κ3) is 4.64. The fourth-order valence-corrected chi connectivity index (χ4v) is 5.00. The topological polar surface area (TPSA) is 38.8 Å². The molecule has 1 aliphatic heterocycles. The molecule has 0 radical (unpaired) electrons. The van der Waals surface area contributed by atoms with E-state index in [4.69, 9.17) is 9.47 Å². The lowest BCUT2D eigenvalue weighted by Crippen LogP contribution is -2.49. The van der Waals surface area contributed by atoms with Crippen LogP contribution >= 0.6 is 0 Å². The fourth-order valence-electron chi connectivity index (χ4n) is 5.00. The van der Waals surface area contributed by atoms with Gasteiger partial charge in [-0.25, -0.2) is 0 Å². The van der Waals surface area contributed by atoms with E-state index in [2.05, 4.69) is 62.1 Å². The van der Waals surface area contributed by atoms with Gasteiger partial charge in [0.25, 0.3) is 0 Å². The van der Waals surface area contributed by atoms with Gasteiger partial charge in [0.1, 0.15) is 5.75 Å². The van der Waals surface area contributed by atoms with Gasteiger partial charge in [0.2, 0.25) is 0 Å². The molecule has 2 aromatic carbocycles. The van der Waals surface area contributed by atoms with Crippen molar-refractivity contribution in [2.75, 3.05) is 20.2 Å². The lowest BCUT2D eigenvalue weighted by molar-refractivity contribution is -0.151. The van der Waals surface area contributed by atoms with Crippen LogP contribution in [0.2, 0.25) is 0 Å². The molecule has 4 nitrogen and oxygen atoms in total. The summed E-state index contributed by atoms with van der Waals surface area (Å²) in [4.78, 5) is 13.9. The Hall–Kier alpha value is -2.07. The van der Waals surface area contributed by atoms with Gasteiger partial charge in [0.15, 0.2) is 0 Å². The van der Waals surface area contributed by atoms with Crippen LogP contribution in [-0.4, -0.2) is 37.2 Å². The number of likely N-dealkylation sites (tertiary alicyclic amines) is 1. The maximum atomic E-state index is 11.6. The van der Waals surface area contributed by atoms with Gasteiger partial charge < -0.3 is 9.47 Å². The van der Waals surface area contributed by atoms with Gasteiger partial charge in [-0.3, -0.25) is 9.69 Å². The van der Waals surface area contributed by atoms with Crippen molar-refractivity contribution in [1.29, 1.82) is 0 Å². The molecule has 1 aliphatic carbocycles. The van der Waals surface area contributed by atoms with Crippen molar-refractivity contribution in [2.24, 2.45) is 17.3 Å². The summed E-state index contributed by atoms with van der Waals surface area (Å²) < 4.78 is 11.3. The number of rotatable bonds is 5. The average molecular weight is 410 g/mol. The van der Waals surface area contributed by atoms with Crippen LogP contribution < -0.4 is 4.74 Å². The van der Waals surface area contributed by atoms with Gasteiger partial charge in [0, 0.05) is 25.0 Å². The normalized spacial score (nSPS) is 23.2. The van der Waals surface area contributed by atoms with Crippen molar-refractivity contribution in [2.45, 2.75) is 59.1 Å². The SMILES string of the molecule is COC(=O)C1CN(Cc2ccc3c(O[C@H]4CC[C@H](C(C)(C)C)CC4)cccc3c2)C1. The van der Waals surface area contributed by atoms with Crippen LogP contribution in [-0.2, 0) is 16.1 Å². The molecule has 0 spiro atoms. The first-order valence-electron chi connectivity index (χ1n) is 11.3. The molecule has 4 rings (SSSR count). The molecule has 1 heterocycles. The Morgan fingerprint density at radius 1 is 1.07 bits per heavy atom. The minimum absolute atomic E-state index is 0.0313. The Balaban J connectivity index is 1.38. The quantitative estimate of drug-likeness (QED) is 0.618. The molecule has 0 amide bonds. The van der Waals surface area contributed by atoms with Crippen LogP contribution in [0.5, 0.6) is 5.75 Å². The third-order valence-electron chi connectivity index (χ3n) is 7.00. The Morgan fingerprint density at radius 2 is 1.80 bits per heavy atom. The summed E-state index contributed by atoms with van der Waals surface area (Å²) in [6.45, 7) is 9.51. The maximum absolute atomic E-state index is 11.6. The highest BCUT2D eigenvalue weighted by Gasteiger charge is 2.33. The van der Waals surface area contributed by atoms with E-state index in [9.17, 15) is 4.79 Å². The highest BCUT2D eigenvalue weighted by molar-refractivity contribution is 5.88. The number of hydrogen-bond acceptors (Lipinski definition) is 4. The van der Waals surface area contributed by atoms with E-state index in [-0.39, 0.29) is 11.9 Å². The first kappa shape index (κ1) is 21.2. The van der Waals surface area contributed by atoms with Crippen LogP contribution in [0.25, 0.3) is 10.8 Å². The number of esters is 1. The van der Waals surface area contributed by atoms with Crippen LogP contribution in [0.3, 0.4) is 0 Å². The van der Waals surface area contributed by atoms with Crippen molar-refractivity contribution < 1.29 is 14.3 Å². The average Bonchev–Trinajstić information content (AvgIpc) is 2.69. The molecule has 1 saturated heterocycles. The Morgan fingerprint density at radius 3 is 2.47 bits per heavy atom. The first-order valence-corrected chi connectivity index (χ1v) is 11.3. The summed E-state index contributed by atoms with van der Waals surface area (Å²) in [5.41, 5.74) is 1.67. The monoisotopic (exact) mass is 409 g/mol. The van der Waals surface area contributed by atoms with Gasteiger partial charge in [-0.1, -0.05) is 45.0 Å². The maximum Gasteiger partial charge on any atom is 0.311 e. The molecule has 0 unspecified atom stereocenters. The second kappa shape index (κ2) is 8.58. The minimum Gasteiger partial charge on any atom is -0.490 e. The molecule has 0 atom stereocenters. The third-order valence-corrected chi connectivity index (χ3v) is 7.00. The highest BCUT2D eigenvalue weighted by Crippen LogP contribution is 2.39. The van der Waals surface area contributed by atoms with Gasteiger partial charge >= 0.3 is 5.97 Å². The number of benzene rings is 2. The van der Waals surface area contributed by atoms with Crippen LogP contribution in [0.4, 0.5) is 0 Å². The van der Waals surface area contributed by atoms with E-state index < -0.39 is 0 Å². The number of ether oxygens (including phenoxy) is 2. The smallest absolute Gasteiger partial charge is 0.311 e. The van der Waals surface area contributed by atoms with Crippen LogP contribution in [0, 0.1) is 17.3 Å². The highest BCUT2D eigenvalue weighted by atomic mass is 16.5. The molecule has 2 fully saturated rings. The van der Waals surface area contributed by atoms with E-state index in [1.165, 1.54) is 36.3 Å². The van der Waals surface area contributed by atoms with E-state index in [0.29, 0.717) is 11.5 Å². The van der Waals surface area contributed by atoms with Crippen molar-refractivity contribution in [3.05, 3.63) is 42.0 Å². The zero-order valence-electron chi connectivity index (χ0n) is 18.8. The molecular formula is C26H35NO3. The molecular weight excluding hydrogens is 374 g/mol. The number of carbonyl (C=O) groups excluding carboxylic acids is 1. The molecule has 2 aromatic rings. The summed E-state index contributed by atoms with van der Waals surface area (Å²) in [5, 5.41) is 2.41. The van der Waals surface area contributed by atoms with Crippen molar-refractivity contribution in [1.82, 2.24) is 4.90 Å². The van der Waals surface area contributed by atoms with Gasteiger partial charge in [-0.05, 0) is 60.1 Å². The number of carbonyl (C=O) groups is 1. The van der Waals surface area contributed by atoms with E-state index in [1.54, 1.807) is 0 Å². The van der Waals surface area contributed by atoms with Crippen LogP contribution in [0.1, 0.15) is 52.0 Å². The molecule has 4 heteroatoms. The zero-order valence-corrected chi connectivity index (χ0v) is 18.8. The van der Waals surface area contributed by atoms with Crippen molar-refractivity contribution in [3.8, 4) is 5.75 Å². The zero-order chi connectivity index (χ0) is 21.3. The van der Waals surface area contributed by atoms with Gasteiger partial charge in [-0.15, -0.1) is 0 Å². The largest absolute Gasteiger partial charge is 0.490 e. The Kier molecular flexibility index (Phi) is 6.06. The second-order valence-electron chi connectivity index (χ2n) is 10.2. The standard InChI is InChI=1S/C26H35NO3/c1-26(2,3)21-9-11-22(12-10-21)30-24-7-5-6-19-14-18(8-13-23(19)24)15-27-16-20(17-27)25(28)29-4/h5-8,13-14,20-22H,9-12,15-17H2,1-4H3/t21-,22-. The van der Waals surface area contributed by atoms with Crippen molar-refractivity contribution >= 4 is 16.7 Å². The molecule has 1 saturated carbocycles. The summed E-state index contributed by atoms with van der Waals surface area (Å²) >= 11 is 0. The molecule has 0 bridgehead atoms. The Labute approximate surface area is 180 Å². The summed E-state index contributed by atoms with van der Waals surface area (Å²) in [5.74, 6) is 1.74. The van der Waals surface area contributed by atoms with Gasteiger partial charge in [-0.2, -0.15) is 0 Å². The van der Waals surface area contributed by atoms with E-state index in [0.717, 1.165) is 44.1 Å². The van der Waals surface area contributed by atoms with Crippen LogP contribution in [0.15, 0.2) is 36.4 Å². The van der Waals surface area contributed by atoms with Gasteiger partial charge in [0.05, 0.1) is 19.1 Å². The molecule has 2 aliphatic rings. The number of hydrogen-bond donors (Lipinski definition) is 0. The number of fused-ring (bicyclic) bond motifs is 1. The summed E-state index contributed by atoms with van der Waals surface area (Å²) in [6, 6.07) is 13.0. The molecule has 0 aromatic heterocycles. The summed E-state index contributed by atoms with van der Waals surface area (Å²) in [6.07, 6.45) is 5.13. The predicted octanol–water partition coefficient (Wildman–Crippen LogP) is 5.43. The predicted molar refractivity (Wildman–Crippen MR) is 121 cm³/mol. The number of nitrogens with zero attached hydrogens (tertiary/aromatic N) is 1. The van der Waals surface area contributed by atoms with E-state index in [1.807, 2.05) is 0 Å².